The second-order valence-corrected chi connectivity index (χ2v) is 6.13. The van der Waals surface area contributed by atoms with E-state index in [1.165, 1.54) is 6.08 Å². The molecule has 0 aliphatic carbocycles. The summed E-state index contributed by atoms with van der Waals surface area (Å²) in [6, 6.07) is 18.4. The number of nitrogens with one attached hydrogen (secondary N) is 1. The first kappa shape index (κ1) is 20.7. The van der Waals surface area contributed by atoms with Gasteiger partial charge in [0.15, 0.2) is 6.61 Å². The van der Waals surface area contributed by atoms with Gasteiger partial charge in [0.25, 0.3) is 5.91 Å². The number of nitrogens with zero attached hydrogens (tertiary/aromatic N) is 1. The number of carbonyl (C=O) groups excluding carboxylic acids is 2. The van der Waals surface area contributed by atoms with Gasteiger partial charge in [-0.2, -0.15) is 5.26 Å². The van der Waals surface area contributed by atoms with Crippen LogP contribution in [0.15, 0.2) is 60.2 Å². The Morgan fingerprint density at radius 3 is 2.43 bits per heavy atom. The third-order valence-corrected chi connectivity index (χ3v) is 4.08. The highest BCUT2D eigenvalue weighted by molar-refractivity contribution is 5.98. The maximum atomic E-state index is 12.0. The minimum absolute atomic E-state index is 0.130. The fourth-order valence-corrected chi connectivity index (χ4v) is 2.43. The summed E-state index contributed by atoms with van der Waals surface area (Å²) in [5, 5.41) is 11.9. The van der Waals surface area contributed by atoms with Crippen molar-refractivity contribution < 1.29 is 19.1 Å². The fraction of sp³-hybridized carbons (Fsp3) is 0.227. The number of nitriles is 1. The van der Waals surface area contributed by atoms with E-state index < -0.39 is 18.5 Å². The number of hydrogen-bond donors (Lipinski definition) is 1. The summed E-state index contributed by atoms with van der Waals surface area (Å²) in [4.78, 5) is 24.0. The van der Waals surface area contributed by atoms with Crippen LogP contribution >= 0.6 is 0 Å². The zero-order chi connectivity index (χ0) is 20.4. The predicted molar refractivity (Wildman–Crippen MR) is 105 cm³/mol. The minimum Gasteiger partial charge on any atom is -0.497 e. The molecule has 2 aromatic carbocycles. The van der Waals surface area contributed by atoms with Crippen LogP contribution in [0, 0.1) is 11.3 Å². The molecule has 1 amide bonds. The van der Waals surface area contributed by atoms with Crippen LogP contribution in [-0.2, 0) is 14.3 Å². The van der Waals surface area contributed by atoms with Gasteiger partial charge in [0, 0.05) is 6.54 Å². The lowest BCUT2D eigenvalue weighted by atomic mass is 10.0. The number of rotatable bonds is 8. The quantitative estimate of drug-likeness (QED) is 0.433. The molecule has 0 heterocycles. The first-order valence-corrected chi connectivity index (χ1v) is 8.78. The van der Waals surface area contributed by atoms with Crippen LogP contribution in [0.3, 0.4) is 0 Å². The number of ether oxygens (including phenoxy) is 2. The van der Waals surface area contributed by atoms with Crippen molar-refractivity contribution in [1.29, 1.82) is 5.26 Å². The number of methoxy groups -OCH3 is 1. The Bertz CT molecular complexity index is 868. The number of esters is 1. The third-order valence-electron chi connectivity index (χ3n) is 4.08. The molecular weight excluding hydrogens is 356 g/mol. The van der Waals surface area contributed by atoms with Crippen LogP contribution in [0.5, 0.6) is 5.75 Å². The molecule has 144 valence electrons. The van der Waals surface area contributed by atoms with Crippen molar-refractivity contribution in [2.75, 3.05) is 20.3 Å². The van der Waals surface area contributed by atoms with Crippen LogP contribution in [0.25, 0.3) is 6.08 Å². The number of carbonyl (C=O) groups is 2. The molecular formula is C22H22N2O4. The minimum atomic E-state index is -0.843. The van der Waals surface area contributed by atoms with Crippen molar-refractivity contribution in [3.63, 3.8) is 0 Å². The molecule has 0 saturated carbocycles. The lowest BCUT2D eigenvalue weighted by molar-refractivity contribution is -0.144. The Morgan fingerprint density at radius 2 is 1.82 bits per heavy atom. The van der Waals surface area contributed by atoms with Crippen molar-refractivity contribution in [1.82, 2.24) is 5.32 Å². The van der Waals surface area contributed by atoms with E-state index in [0.29, 0.717) is 17.9 Å². The Hall–Kier alpha value is -3.59. The van der Waals surface area contributed by atoms with Gasteiger partial charge >= 0.3 is 5.97 Å². The second kappa shape index (κ2) is 10.5. The van der Waals surface area contributed by atoms with Gasteiger partial charge in [-0.3, -0.25) is 4.79 Å². The first-order chi connectivity index (χ1) is 13.5. The van der Waals surface area contributed by atoms with Crippen molar-refractivity contribution in [3.8, 4) is 11.8 Å². The van der Waals surface area contributed by atoms with E-state index >= 15 is 0 Å². The third kappa shape index (κ3) is 6.29. The van der Waals surface area contributed by atoms with Crippen molar-refractivity contribution in [2.24, 2.45) is 0 Å². The van der Waals surface area contributed by atoms with Gasteiger partial charge in [-0.15, -0.1) is 0 Å². The van der Waals surface area contributed by atoms with Crippen LogP contribution in [-0.4, -0.2) is 32.1 Å². The molecule has 0 radical (unpaired) electrons. The summed E-state index contributed by atoms with van der Waals surface area (Å²) in [7, 11) is 1.55. The zero-order valence-electron chi connectivity index (χ0n) is 15.8. The molecule has 28 heavy (non-hydrogen) atoms. The van der Waals surface area contributed by atoms with E-state index in [1.54, 1.807) is 37.4 Å². The molecule has 0 bridgehead atoms. The van der Waals surface area contributed by atoms with Gasteiger partial charge in [0.2, 0.25) is 0 Å². The van der Waals surface area contributed by atoms with E-state index in [0.717, 1.165) is 5.56 Å². The van der Waals surface area contributed by atoms with Gasteiger partial charge < -0.3 is 14.8 Å². The zero-order valence-corrected chi connectivity index (χ0v) is 15.8. The maximum absolute atomic E-state index is 12.0. The molecule has 0 unspecified atom stereocenters. The molecule has 0 spiro atoms. The van der Waals surface area contributed by atoms with E-state index in [2.05, 4.69) is 5.32 Å². The highest BCUT2D eigenvalue weighted by Gasteiger charge is 2.14. The molecule has 2 rings (SSSR count). The molecule has 2 aromatic rings. The lowest BCUT2D eigenvalue weighted by Crippen LogP contribution is -2.31. The summed E-state index contributed by atoms with van der Waals surface area (Å²) in [6.07, 6.45) is 1.40. The summed E-state index contributed by atoms with van der Waals surface area (Å²) >= 11 is 0. The van der Waals surface area contributed by atoms with Crippen molar-refractivity contribution in [2.45, 2.75) is 12.8 Å². The molecule has 6 nitrogen and oxygen atoms in total. The maximum Gasteiger partial charge on any atom is 0.349 e. The topological polar surface area (TPSA) is 88.4 Å². The molecule has 0 fully saturated rings. The van der Waals surface area contributed by atoms with E-state index in [1.807, 2.05) is 37.3 Å². The van der Waals surface area contributed by atoms with Crippen LogP contribution in [0.1, 0.15) is 24.0 Å². The molecule has 0 aliphatic heterocycles. The van der Waals surface area contributed by atoms with Crippen LogP contribution in [0.4, 0.5) is 0 Å². The number of benzene rings is 2. The molecule has 0 aromatic heterocycles. The molecule has 0 saturated heterocycles. The smallest absolute Gasteiger partial charge is 0.349 e. The highest BCUT2D eigenvalue weighted by Crippen LogP contribution is 2.15. The SMILES string of the molecule is COc1ccc(/C=C(\C#N)C(=O)OCC(=O)NC[C@@H](C)c2ccccc2)cc1. The average molecular weight is 378 g/mol. The summed E-state index contributed by atoms with van der Waals surface area (Å²) in [6.45, 7) is 1.97. The number of amides is 1. The Morgan fingerprint density at radius 1 is 1.14 bits per heavy atom. The summed E-state index contributed by atoms with van der Waals surface area (Å²) in [5.74, 6) is -0.465. The summed E-state index contributed by atoms with van der Waals surface area (Å²) in [5.41, 5.74) is 1.57. The highest BCUT2D eigenvalue weighted by atomic mass is 16.5. The van der Waals surface area contributed by atoms with Gasteiger partial charge in [-0.1, -0.05) is 49.4 Å². The molecule has 0 aliphatic rings. The molecule has 1 N–H and O–H groups in total. The molecule has 6 heteroatoms. The van der Waals surface area contributed by atoms with Gasteiger partial charge in [0.1, 0.15) is 17.4 Å². The standard InChI is InChI=1S/C22H22N2O4/c1-16(18-6-4-3-5-7-18)14-24-21(25)15-28-22(26)19(13-23)12-17-8-10-20(27-2)11-9-17/h3-12,16H,14-15H2,1-2H3,(H,24,25)/b19-12+/t16-/m1/s1. The van der Waals surface area contributed by atoms with Crippen LogP contribution in [0.2, 0.25) is 0 Å². The van der Waals surface area contributed by atoms with E-state index in [-0.39, 0.29) is 11.5 Å². The Labute approximate surface area is 164 Å². The summed E-state index contributed by atoms with van der Waals surface area (Å²) < 4.78 is 10.0. The molecule has 1 atom stereocenters. The van der Waals surface area contributed by atoms with Gasteiger partial charge in [-0.25, -0.2) is 4.79 Å². The average Bonchev–Trinajstić information content (AvgIpc) is 2.75. The predicted octanol–water partition coefficient (Wildman–Crippen LogP) is 3.07. The Kier molecular flexibility index (Phi) is 7.79. The monoisotopic (exact) mass is 378 g/mol. The van der Waals surface area contributed by atoms with E-state index in [4.69, 9.17) is 9.47 Å². The Balaban J connectivity index is 1.84. The first-order valence-electron chi connectivity index (χ1n) is 8.78. The van der Waals surface area contributed by atoms with Gasteiger partial charge in [-0.05, 0) is 35.3 Å². The van der Waals surface area contributed by atoms with Crippen molar-refractivity contribution >= 4 is 18.0 Å². The van der Waals surface area contributed by atoms with E-state index in [9.17, 15) is 14.9 Å². The lowest BCUT2D eigenvalue weighted by Gasteiger charge is -2.13. The normalized spacial score (nSPS) is 11.8. The second-order valence-electron chi connectivity index (χ2n) is 6.13. The van der Waals surface area contributed by atoms with Gasteiger partial charge in [0.05, 0.1) is 7.11 Å². The van der Waals surface area contributed by atoms with Crippen LogP contribution < -0.4 is 10.1 Å². The largest absolute Gasteiger partial charge is 0.497 e. The fourth-order valence-electron chi connectivity index (χ4n) is 2.43. The number of hydrogen-bond acceptors (Lipinski definition) is 5. The van der Waals surface area contributed by atoms with Crippen molar-refractivity contribution in [3.05, 3.63) is 71.3 Å².